The zero-order chi connectivity index (χ0) is 6.55. The fraction of sp³-hybridized carbons (Fsp3) is 1.00. The molecule has 3 saturated heterocycles. The van der Waals surface area contributed by atoms with E-state index in [1.807, 2.05) is 0 Å². The summed E-state index contributed by atoms with van der Waals surface area (Å²) in [7, 11) is 0. The molecule has 0 aromatic heterocycles. The van der Waals surface area contributed by atoms with E-state index in [1.54, 1.807) is 0 Å². The minimum absolute atomic E-state index is 0.592. The van der Waals surface area contributed by atoms with Gasteiger partial charge in [-0.1, -0.05) is 0 Å². The van der Waals surface area contributed by atoms with Crippen molar-refractivity contribution in [3.8, 4) is 0 Å². The van der Waals surface area contributed by atoms with E-state index in [0.29, 0.717) is 6.10 Å². The minimum atomic E-state index is 0.592. The van der Waals surface area contributed by atoms with E-state index in [4.69, 9.17) is 4.74 Å². The molecule has 0 amide bonds. The molecule has 0 aromatic carbocycles. The third kappa shape index (κ3) is 0.713. The minimum Gasteiger partial charge on any atom is -0.371 e. The van der Waals surface area contributed by atoms with Crippen LogP contribution in [0.4, 0.5) is 0 Å². The molecule has 0 radical (unpaired) electrons. The highest BCUT2D eigenvalue weighted by Crippen LogP contribution is 2.32. The van der Waals surface area contributed by atoms with E-state index < -0.39 is 0 Å². The lowest BCUT2D eigenvalue weighted by molar-refractivity contribution is -0.0529. The highest BCUT2D eigenvalue weighted by molar-refractivity contribution is 4.95. The van der Waals surface area contributed by atoms with Crippen LogP contribution in [0.5, 0.6) is 0 Å². The predicted octanol–water partition coefficient (Wildman–Crippen LogP) is -0.310. The maximum atomic E-state index is 5.25. The van der Waals surface area contributed by atoms with Crippen molar-refractivity contribution >= 4 is 0 Å². The third-order valence-corrected chi connectivity index (χ3v) is 2.61. The molecular formula is C7H12N2O. The molecule has 3 aliphatic heterocycles. The van der Waals surface area contributed by atoms with Crippen LogP contribution < -0.4 is 0 Å². The number of hydrazine groups is 1. The molecular weight excluding hydrogens is 128 g/mol. The number of rotatable bonds is 2. The van der Waals surface area contributed by atoms with Crippen molar-refractivity contribution in [2.45, 2.75) is 18.6 Å². The lowest BCUT2D eigenvalue weighted by atomic mass is 10.0. The molecule has 0 aromatic rings. The monoisotopic (exact) mass is 140 g/mol. The molecule has 10 heavy (non-hydrogen) atoms. The third-order valence-electron chi connectivity index (χ3n) is 2.61. The molecule has 2 atom stereocenters. The molecule has 2 unspecified atom stereocenters. The summed E-state index contributed by atoms with van der Waals surface area (Å²) in [6.45, 7) is 4.84. The van der Waals surface area contributed by atoms with E-state index in [0.717, 1.165) is 12.6 Å². The van der Waals surface area contributed by atoms with Gasteiger partial charge in [0.15, 0.2) is 0 Å². The van der Waals surface area contributed by atoms with Crippen molar-refractivity contribution in [2.75, 3.05) is 26.2 Å². The Bertz CT molecular complexity index is 136. The fourth-order valence-corrected chi connectivity index (χ4v) is 1.70. The molecule has 3 aliphatic rings. The van der Waals surface area contributed by atoms with Crippen molar-refractivity contribution in [1.29, 1.82) is 0 Å². The van der Waals surface area contributed by atoms with Gasteiger partial charge in [0.2, 0.25) is 0 Å². The van der Waals surface area contributed by atoms with Crippen LogP contribution >= 0.6 is 0 Å². The summed E-state index contributed by atoms with van der Waals surface area (Å²) in [5.41, 5.74) is 0. The lowest BCUT2D eigenvalue weighted by Gasteiger charge is -2.40. The molecule has 3 heteroatoms. The van der Waals surface area contributed by atoms with Crippen LogP contribution in [0.2, 0.25) is 0 Å². The van der Waals surface area contributed by atoms with Gasteiger partial charge in [0.05, 0.1) is 18.8 Å². The topological polar surface area (TPSA) is 18.8 Å². The standard InChI is InChI=1S/C7H12N2O/c1-2-9(8-3-4-8)6(1)7-5-10-7/h6-7H,1-5H2. The lowest BCUT2D eigenvalue weighted by Crippen LogP contribution is -2.53. The van der Waals surface area contributed by atoms with Crippen molar-refractivity contribution in [2.24, 2.45) is 0 Å². The summed E-state index contributed by atoms with van der Waals surface area (Å²) in [5, 5.41) is 4.88. The second kappa shape index (κ2) is 1.72. The average Bonchev–Trinajstić information content (AvgIpc) is 2.50. The van der Waals surface area contributed by atoms with Crippen LogP contribution in [0.15, 0.2) is 0 Å². The predicted molar refractivity (Wildman–Crippen MR) is 36.4 cm³/mol. The maximum absolute atomic E-state index is 5.25. The first kappa shape index (κ1) is 5.52. The summed E-state index contributed by atoms with van der Waals surface area (Å²) in [5.74, 6) is 0. The average molecular weight is 140 g/mol. The van der Waals surface area contributed by atoms with Gasteiger partial charge in [-0.3, -0.25) is 0 Å². The van der Waals surface area contributed by atoms with Gasteiger partial charge in [-0.15, -0.1) is 0 Å². The van der Waals surface area contributed by atoms with Gasteiger partial charge >= 0.3 is 0 Å². The van der Waals surface area contributed by atoms with Crippen LogP contribution in [0.3, 0.4) is 0 Å². The van der Waals surface area contributed by atoms with E-state index in [-0.39, 0.29) is 0 Å². The summed E-state index contributed by atoms with van der Waals surface area (Å²) < 4.78 is 5.25. The Morgan fingerprint density at radius 2 is 2.00 bits per heavy atom. The summed E-state index contributed by atoms with van der Waals surface area (Å²) in [6.07, 6.45) is 1.94. The number of epoxide rings is 1. The van der Waals surface area contributed by atoms with Gasteiger partial charge < -0.3 is 4.74 Å². The Kier molecular flexibility index (Phi) is 0.952. The maximum Gasteiger partial charge on any atom is 0.0979 e. The first-order chi connectivity index (χ1) is 4.95. The first-order valence-corrected chi connectivity index (χ1v) is 4.08. The zero-order valence-corrected chi connectivity index (χ0v) is 5.99. The van der Waals surface area contributed by atoms with Gasteiger partial charge in [0, 0.05) is 19.6 Å². The molecule has 0 spiro atoms. The van der Waals surface area contributed by atoms with Gasteiger partial charge in [-0.2, -0.15) is 0 Å². The fourth-order valence-electron chi connectivity index (χ4n) is 1.70. The quantitative estimate of drug-likeness (QED) is 0.490. The normalized spacial score (nSPS) is 46.8. The smallest absolute Gasteiger partial charge is 0.0979 e. The van der Waals surface area contributed by atoms with Crippen LogP contribution in [0, 0.1) is 0 Å². The molecule has 3 rings (SSSR count). The van der Waals surface area contributed by atoms with Gasteiger partial charge in [0.25, 0.3) is 0 Å². The molecule has 3 heterocycles. The second-order valence-corrected chi connectivity index (χ2v) is 3.34. The molecule has 0 bridgehead atoms. The Labute approximate surface area is 60.5 Å². The van der Waals surface area contributed by atoms with Crippen LogP contribution in [0.25, 0.3) is 0 Å². The number of ether oxygens (including phenoxy) is 1. The van der Waals surface area contributed by atoms with Crippen molar-refractivity contribution in [3.05, 3.63) is 0 Å². The molecule has 0 saturated carbocycles. The Morgan fingerprint density at radius 1 is 1.20 bits per heavy atom. The highest BCUT2D eigenvalue weighted by atomic mass is 16.6. The zero-order valence-electron chi connectivity index (χ0n) is 5.99. The van der Waals surface area contributed by atoms with Crippen molar-refractivity contribution < 1.29 is 4.74 Å². The van der Waals surface area contributed by atoms with Gasteiger partial charge in [0.1, 0.15) is 0 Å². The first-order valence-electron chi connectivity index (χ1n) is 4.08. The van der Waals surface area contributed by atoms with E-state index in [9.17, 15) is 0 Å². The SMILES string of the molecule is C1OC1C1CCN1N1CC1. The molecule has 3 fully saturated rings. The van der Waals surface area contributed by atoms with Gasteiger partial charge in [-0.05, 0) is 6.42 Å². The number of nitrogens with zero attached hydrogens (tertiary/aromatic N) is 2. The molecule has 56 valence electrons. The second-order valence-electron chi connectivity index (χ2n) is 3.34. The van der Waals surface area contributed by atoms with Crippen molar-refractivity contribution in [3.63, 3.8) is 0 Å². The van der Waals surface area contributed by atoms with E-state index in [2.05, 4.69) is 10.0 Å². The number of hydrogen-bond donors (Lipinski definition) is 0. The molecule has 3 nitrogen and oxygen atoms in total. The summed E-state index contributed by atoms with van der Waals surface area (Å²) in [6, 6.07) is 0.752. The van der Waals surface area contributed by atoms with E-state index in [1.165, 1.54) is 26.1 Å². The summed E-state index contributed by atoms with van der Waals surface area (Å²) >= 11 is 0. The van der Waals surface area contributed by atoms with Crippen LogP contribution in [0.1, 0.15) is 6.42 Å². The van der Waals surface area contributed by atoms with Crippen molar-refractivity contribution in [1.82, 2.24) is 10.0 Å². The Balaban J connectivity index is 1.64. The van der Waals surface area contributed by atoms with Crippen LogP contribution in [-0.4, -0.2) is 48.4 Å². The molecule has 0 aliphatic carbocycles. The largest absolute Gasteiger partial charge is 0.371 e. The summed E-state index contributed by atoms with van der Waals surface area (Å²) in [4.78, 5) is 0. The Morgan fingerprint density at radius 3 is 2.40 bits per heavy atom. The Hall–Kier alpha value is -0.120. The van der Waals surface area contributed by atoms with E-state index >= 15 is 0 Å². The molecule has 0 N–H and O–H groups in total. The van der Waals surface area contributed by atoms with Gasteiger partial charge in [-0.25, -0.2) is 10.0 Å². The van der Waals surface area contributed by atoms with Crippen LogP contribution in [-0.2, 0) is 4.74 Å². The number of hydrogen-bond acceptors (Lipinski definition) is 3. The highest BCUT2D eigenvalue weighted by Gasteiger charge is 2.46.